The zero-order valence-electron chi connectivity index (χ0n) is 10.0. The molecule has 2 heterocycles. The number of nitrogens with zero attached hydrogens (tertiary/aromatic N) is 2. The second-order valence-electron chi connectivity index (χ2n) is 4.36. The van der Waals surface area contributed by atoms with Gasteiger partial charge in [0.25, 0.3) is 0 Å². The van der Waals surface area contributed by atoms with Crippen LogP contribution in [0.15, 0.2) is 48.9 Å². The third-order valence-corrected chi connectivity index (χ3v) is 3.16. The summed E-state index contributed by atoms with van der Waals surface area (Å²) in [6.07, 6.45) is 5.93. The molecule has 0 saturated heterocycles. The van der Waals surface area contributed by atoms with E-state index >= 15 is 0 Å². The maximum absolute atomic E-state index is 4.14. The highest BCUT2D eigenvalue weighted by molar-refractivity contribution is 5.85. The Kier molecular flexibility index (Phi) is 2.22. The summed E-state index contributed by atoms with van der Waals surface area (Å²) < 4.78 is 2.24. The van der Waals surface area contributed by atoms with Crippen molar-refractivity contribution < 1.29 is 0 Å². The first-order valence-corrected chi connectivity index (χ1v) is 5.75. The van der Waals surface area contributed by atoms with Crippen LogP contribution in [0.3, 0.4) is 0 Å². The van der Waals surface area contributed by atoms with Gasteiger partial charge in [-0.05, 0) is 37.1 Å². The number of rotatable bonds is 1. The van der Waals surface area contributed by atoms with E-state index in [1.54, 1.807) is 0 Å². The lowest BCUT2D eigenvalue weighted by Crippen LogP contribution is -1.95. The molecule has 0 aliphatic rings. The normalized spacial score (nSPS) is 10.9. The minimum absolute atomic E-state index is 1.19. The molecule has 0 unspecified atom stereocenters. The van der Waals surface area contributed by atoms with Crippen molar-refractivity contribution in [3.63, 3.8) is 0 Å². The number of pyridine rings is 1. The topological polar surface area (TPSA) is 17.8 Å². The van der Waals surface area contributed by atoms with E-state index in [1.807, 2.05) is 12.4 Å². The maximum Gasteiger partial charge on any atom is 0.0531 e. The zero-order valence-corrected chi connectivity index (χ0v) is 10.0. The Bertz CT molecular complexity index is 680. The van der Waals surface area contributed by atoms with Crippen LogP contribution in [0.1, 0.15) is 11.1 Å². The summed E-state index contributed by atoms with van der Waals surface area (Å²) in [5, 5.41) is 1.31. The van der Waals surface area contributed by atoms with Crippen molar-refractivity contribution in [2.75, 3.05) is 0 Å². The Morgan fingerprint density at radius 3 is 2.65 bits per heavy atom. The number of para-hydroxylation sites is 1. The van der Waals surface area contributed by atoms with Gasteiger partial charge in [0.05, 0.1) is 11.2 Å². The van der Waals surface area contributed by atoms with Crippen molar-refractivity contribution in [3.8, 4) is 5.69 Å². The molecule has 2 aromatic heterocycles. The van der Waals surface area contributed by atoms with E-state index in [1.165, 1.54) is 27.7 Å². The van der Waals surface area contributed by atoms with Crippen LogP contribution in [0.4, 0.5) is 0 Å². The minimum Gasteiger partial charge on any atom is -0.316 e. The fraction of sp³-hybridized carbons (Fsp3) is 0.133. The molecule has 0 N–H and O–H groups in total. The molecule has 0 saturated carbocycles. The van der Waals surface area contributed by atoms with E-state index in [0.29, 0.717) is 0 Å². The number of aryl methyl sites for hydroxylation is 2. The molecule has 0 aliphatic carbocycles. The maximum atomic E-state index is 4.14. The summed E-state index contributed by atoms with van der Waals surface area (Å²) in [6.45, 7) is 4.24. The Balaban J connectivity index is 2.35. The lowest BCUT2D eigenvalue weighted by atomic mass is 10.2. The van der Waals surface area contributed by atoms with Crippen LogP contribution in [0.2, 0.25) is 0 Å². The highest BCUT2D eigenvalue weighted by atomic mass is 15.0. The molecular weight excluding hydrogens is 208 g/mol. The quantitative estimate of drug-likeness (QED) is 0.614. The number of aromatic nitrogens is 2. The smallest absolute Gasteiger partial charge is 0.0531 e. The minimum atomic E-state index is 1.19. The van der Waals surface area contributed by atoms with Crippen molar-refractivity contribution in [2.24, 2.45) is 0 Å². The molecule has 0 aliphatic heterocycles. The summed E-state index contributed by atoms with van der Waals surface area (Å²) in [6, 6.07) is 10.5. The summed E-state index contributed by atoms with van der Waals surface area (Å²) in [4.78, 5) is 4.14. The molecule has 0 radical (unpaired) electrons. The Hall–Kier alpha value is -2.09. The van der Waals surface area contributed by atoms with Gasteiger partial charge in [0, 0.05) is 24.0 Å². The Labute approximate surface area is 101 Å². The molecule has 84 valence electrons. The molecular formula is C15H14N2. The van der Waals surface area contributed by atoms with Crippen molar-refractivity contribution in [3.05, 3.63) is 60.0 Å². The van der Waals surface area contributed by atoms with Crippen molar-refractivity contribution in [2.45, 2.75) is 13.8 Å². The summed E-state index contributed by atoms with van der Waals surface area (Å²) in [5.74, 6) is 0. The average Bonchev–Trinajstić information content (AvgIpc) is 2.68. The van der Waals surface area contributed by atoms with Gasteiger partial charge < -0.3 is 4.57 Å². The molecule has 0 atom stereocenters. The standard InChI is InChI=1S/C15H14N2/c1-11-9-16-8-7-14(11)17-10-12(2)13-5-3-4-6-15(13)17/h3-10H,1-2H3. The van der Waals surface area contributed by atoms with Crippen LogP contribution in [-0.2, 0) is 0 Å². The summed E-state index contributed by atoms with van der Waals surface area (Å²) >= 11 is 0. The van der Waals surface area contributed by atoms with E-state index in [2.05, 4.69) is 59.9 Å². The molecule has 0 bridgehead atoms. The van der Waals surface area contributed by atoms with E-state index in [-0.39, 0.29) is 0 Å². The predicted molar refractivity (Wildman–Crippen MR) is 70.5 cm³/mol. The van der Waals surface area contributed by atoms with Gasteiger partial charge in [-0.1, -0.05) is 18.2 Å². The van der Waals surface area contributed by atoms with E-state index in [0.717, 1.165) is 0 Å². The summed E-state index contributed by atoms with van der Waals surface area (Å²) in [7, 11) is 0. The second-order valence-corrected chi connectivity index (χ2v) is 4.36. The first kappa shape index (κ1) is 10.1. The fourth-order valence-electron chi connectivity index (χ4n) is 2.29. The van der Waals surface area contributed by atoms with Gasteiger partial charge in [-0.25, -0.2) is 0 Å². The Morgan fingerprint density at radius 1 is 1.00 bits per heavy atom. The Morgan fingerprint density at radius 2 is 1.82 bits per heavy atom. The first-order chi connectivity index (χ1) is 8.27. The molecule has 3 rings (SSSR count). The van der Waals surface area contributed by atoms with Crippen LogP contribution in [0, 0.1) is 13.8 Å². The first-order valence-electron chi connectivity index (χ1n) is 5.75. The molecule has 0 fully saturated rings. The molecule has 0 amide bonds. The lowest BCUT2D eigenvalue weighted by Gasteiger charge is -2.07. The van der Waals surface area contributed by atoms with Gasteiger partial charge in [0.15, 0.2) is 0 Å². The summed E-state index contributed by atoms with van der Waals surface area (Å²) in [5.41, 5.74) is 4.94. The van der Waals surface area contributed by atoms with Gasteiger partial charge in [-0.3, -0.25) is 4.98 Å². The number of fused-ring (bicyclic) bond motifs is 1. The van der Waals surface area contributed by atoms with Gasteiger partial charge in [-0.2, -0.15) is 0 Å². The molecule has 3 aromatic rings. The van der Waals surface area contributed by atoms with Gasteiger partial charge in [0.2, 0.25) is 0 Å². The molecule has 17 heavy (non-hydrogen) atoms. The fourth-order valence-corrected chi connectivity index (χ4v) is 2.29. The van der Waals surface area contributed by atoms with Gasteiger partial charge in [-0.15, -0.1) is 0 Å². The number of hydrogen-bond donors (Lipinski definition) is 0. The average molecular weight is 222 g/mol. The monoisotopic (exact) mass is 222 g/mol. The van der Waals surface area contributed by atoms with E-state index < -0.39 is 0 Å². The van der Waals surface area contributed by atoms with Crippen LogP contribution in [0.25, 0.3) is 16.6 Å². The third-order valence-electron chi connectivity index (χ3n) is 3.16. The third kappa shape index (κ3) is 1.53. The molecule has 2 nitrogen and oxygen atoms in total. The van der Waals surface area contributed by atoms with Gasteiger partial charge >= 0.3 is 0 Å². The number of hydrogen-bond acceptors (Lipinski definition) is 1. The van der Waals surface area contributed by atoms with E-state index in [4.69, 9.17) is 0 Å². The highest BCUT2D eigenvalue weighted by Gasteiger charge is 2.07. The largest absolute Gasteiger partial charge is 0.316 e. The highest BCUT2D eigenvalue weighted by Crippen LogP contribution is 2.25. The molecule has 1 aromatic carbocycles. The molecule has 0 spiro atoms. The van der Waals surface area contributed by atoms with E-state index in [9.17, 15) is 0 Å². The van der Waals surface area contributed by atoms with Crippen LogP contribution in [-0.4, -0.2) is 9.55 Å². The number of benzene rings is 1. The van der Waals surface area contributed by atoms with Crippen LogP contribution in [0.5, 0.6) is 0 Å². The lowest BCUT2D eigenvalue weighted by molar-refractivity contribution is 1.08. The molecule has 2 heteroatoms. The zero-order chi connectivity index (χ0) is 11.8. The van der Waals surface area contributed by atoms with Crippen molar-refractivity contribution in [1.29, 1.82) is 0 Å². The van der Waals surface area contributed by atoms with Crippen molar-refractivity contribution in [1.82, 2.24) is 9.55 Å². The van der Waals surface area contributed by atoms with Crippen LogP contribution < -0.4 is 0 Å². The predicted octanol–water partition coefficient (Wildman–Crippen LogP) is 3.64. The SMILES string of the molecule is Cc1cnccc1-n1cc(C)c2ccccc21. The second kappa shape index (κ2) is 3.74. The van der Waals surface area contributed by atoms with Crippen molar-refractivity contribution >= 4 is 10.9 Å². The van der Waals surface area contributed by atoms with Gasteiger partial charge in [0.1, 0.15) is 0 Å². The van der Waals surface area contributed by atoms with Crippen LogP contribution >= 0.6 is 0 Å².